The number of ether oxygens (including phenoxy) is 1. The summed E-state index contributed by atoms with van der Waals surface area (Å²) in [5.41, 5.74) is 2.03. The summed E-state index contributed by atoms with van der Waals surface area (Å²) in [5, 5.41) is 6.55. The molecule has 0 radical (unpaired) electrons. The molecule has 5 heteroatoms. The molecule has 2 aromatic rings. The highest BCUT2D eigenvalue weighted by Crippen LogP contribution is 2.15. The molecule has 128 valence electrons. The standard InChI is InChI=1S/C19H26N4O/c1-3-11-22-19(20-4-2)23-14-16-8-7-10-18(13-16)24-15-17-9-5-6-12-21-17/h5-10,12-13H,3-4,11,14-15H2,1-2H3,(H2,20,22,23). The third-order valence-corrected chi connectivity index (χ3v) is 3.32. The molecular formula is C19H26N4O. The molecule has 0 saturated carbocycles. The fourth-order valence-corrected chi connectivity index (χ4v) is 2.13. The molecule has 0 amide bonds. The van der Waals surface area contributed by atoms with Crippen LogP contribution in [0.15, 0.2) is 53.7 Å². The largest absolute Gasteiger partial charge is 0.487 e. The van der Waals surface area contributed by atoms with E-state index in [1.54, 1.807) is 6.20 Å². The van der Waals surface area contributed by atoms with Crippen molar-refractivity contribution < 1.29 is 4.74 Å². The predicted molar refractivity (Wildman–Crippen MR) is 98.1 cm³/mol. The van der Waals surface area contributed by atoms with E-state index in [1.165, 1.54) is 0 Å². The van der Waals surface area contributed by atoms with Gasteiger partial charge in [0.15, 0.2) is 5.96 Å². The number of nitrogens with one attached hydrogen (secondary N) is 2. The molecule has 2 rings (SSSR count). The summed E-state index contributed by atoms with van der Waals surface area (Å²) in [5.74, 6) is 1.68. The van der Waals surface area contributed by atoms with E-state index < -0.39 is 0 Å². The zero-order valence-electron chi connectivity index (χ0n) is 14.5. The van der Waals surface area contributed by atoms with Gasteiger partial charge in [-0.05, 0) is 43.2 Å². The lowest BCUT2D eigenvalue weighted by Gasteiger charge is -2.11. The Morgan fingerprint density at radius 3 is 2.79 bits per heavy atom. The van der Waals surface area contributed by atoms with Crippen LogP contribution in [0.3, 0.4) is 0 Å². The summed E-state index contributed by atoms with van der Waals surface area (Å²) in [6.45, 7) is 7.05. The van der Waals surface area contributed by atoms with Crippen LogP contribution in [-0.4, -0.2) is 24.0 Å². The van der Waals surface area contributed by atoms with Gasteiger partial charge in [-0.1, -0.05) is 25.1 Å². The zero-order chi connectivity index (χ0) is 17.0. The van der Waals surface area contributed by atoms with Gasteiger partial charge in [0.25, 0.3) is 0 Å². The van der Waals surface area contributed by atoms with Gasteiger partial charge in [-0.25, -0.2) is 4.99 Å². The highest BCUT2D eigenvalue weighted by atomic mass is 16.5. The number of benzene rings is 1. The monoisotopic (exact) mass is 326 g/mol. The summed E-state index contributed by atoms with van der Waals surface area (Å²) >= 11 is 0. The van der Waals surface area contributed by atoms with Gasteiger partial charge < -0.3 is 15.4 Å². The molecule has 0 bridgehead atoms. The van der Waals surface area contributed by atoms with Crippen LogP contribution in [0.1, 0.15) is 31.5 Å². The van der Waals surface area contributed by atoms with E-state index in [4.69, 9.17) is 4.74 Å². The first kappa shape index (κ1) is 17.8. The first-order chi connectivity index (χ1) is 11.8. The predicted octanol–water partition coefficient (Wildman–Crippen LogP) is 3.13. The number of aromatic nitrogens is 1. The molecule has 0 saturated heterocycles. The molecule has 0 atom stereocenters. The number of aliphatic imine (C=N–C) groups is 1. The maximum absolute atomic E-state index is 5.81. The van der Waals surface area contributed by atoms with E-state index in [0.717, 1.165) is 42.5 Å². The van der Waals surface area contributed by atoms with E-state index in [-0.39, 0.29) is 0 Å². The molecule has 1 aromatic carbocycles. The second-order valence-corrected chi connectivity index (χ2v) is 5.38. The van der Waals surface area contributed by atoms with Crippen molar-refractivity contribution >= 4 is 5.96 Å². The van der Waals surface area contributed by atoms with Crippen molar-refractivity contribution in [3.63, 3.8) is 0 Å². The van der Waals surface area contributed by atoms with Gasteiger partial charge >= 0.3 is 0 Å². The topological polar surface area (TPSA) is 58.5 Å². The minimum atomic E-state index is 0.467. The second-order valence-electron chi connectivity index (χ2n) is 5.38. The zero-order valence-corrected chi connectivity index (χ0v) is 14.5. The summed E-state index contributed by atoms with van der Waals surface area (Å²) in [6, 6.07) is 13.8. The highest BCUT2D eigenvalue weighted by molar-refractivity contribution is 5.79. The number of hydrogen-bond acceptors (Lipinski definition) is 3. The molecular weight excluding hydrogens is 300 g/mol. The van der Waals surface area contributed by atoms with E-state index in [0.29, 0.717) is 13.2 Å². The summed E-state index contributed by atoms with van der Waals surface area (Å²) in [4.78, 5) is 8.87. The minimum Gasteiger partial charge on any atom is -0.487 e. The van der Waals surface area contributed by atoms with Gasteiger partial charge in [0.05, 0.1) is 12.2 Å². The van der Waals surface area contributed by atoms with Crippen LogP contribution in [0.25, 0.3) is 0 Å². The highest BCUT2D eigenvalue weighted by Gasteiger charge is 2.00. The average Bonchev–Trinajstić information content (AvgIpc) is 2.63. The van der Waals surface area contributed by atoms with Crippen LogP contribution in [-0.2, 0) is 13.2 Å². The number of guanidine groups is 1. The van der Waals surface area contributed by atoms with Gasteiger partial charge in [-0.3, -0.25) is 4.98 Å². The van der Waals surface area contributed by atoms with E-state index in [1.807, 2.05) is 36.4 Å². The summed E-state index contributed by atoms with van der Waals surface area (Å²) in [7, 11) is 0. The second kappa shape index (κ2) is 10.3. The van der Waals surface area contributed by atoms with Crippen LogP contribution in [0, 0.1) is 0 Å². The number of pyridine rings is 1. The molecule has 0 aliphatic heterocycles. The maximum atomic E-state index is 5.81. The first-order valence-electron chi connectivity index (χ1n) is 8.45. The van der Waals surface area contributed by atoms with Crippen LogP contribution >= 0.6 is 0 Å². The van der Waals surface area contributed by atoms with Crippen molar-refractivity contribution in [1.82, 2.24) is 15.6 Å². The lowest BCUT2D eigenvalue weighted by molar-refractivity contribution is 0.301. The number of rotatable bonds is 8. The van der Waals surface area contributed by atoms with Crippen LogP contribution in [0.5, 0.6) is 5.75 Å². The third kappa shape index (κ3) is 6.28. The van der Waals surface area contributed by atoms with E-state index >= 15 is 0 Å². The van der Waals surface area contributed by atoms with Gasteiger partial charge in [-0.15, -0.1) is 0 Å². The van der Waals surface area contributed by atoms with Crippen LogP contribution in [0.2, 0.25) is 0 Å². The van der Waals surface area contributed by atoms with Gasteiger partial charge in [0.2, 0.25) is 0 Å². The van der Waals surface area contributed by atoms with Crippen LogP contribution in [0.4, 0.5) is 0 Å². The summed E-state index contributed by atoms with van der Waals surface area (Å²) in [6.07, 6.45) is 2.84. The molecule has 0 unspecified atom stereocenters. The normalized spacial score (nSPS) is 11.2. The smallest absolute Gasteiger partial charge is 0.191 e. The van der Waals surface area contributed by atoms with Gasteiger partial charge in [0, 0.05) is 19.3 Å². The van der Waals surface area contributed by atoms with Crippen molar-refractivity contribution in [2.24, 2.45) is 4.99 Å². The average molecular weight is 326 g/mol. The molecule has 1 heterocycles. The van der Waals surface area contributed by atoms with E-state index in [9.17, 15) is 0 Å². The number of nitrogens with zero attached hydrogens (tertiary/aromatic N) is 2. The molecule has 24 heavy (non-hydrogen) atoms. The van der Waals surface area contributed by atoms with Crippen LogP contribution < -0.4 is 15.4 Å². The van der Waals surface area contributed by atoms with E-state index in [2.05, 4.69) is 40.5 Å². The van der Waals surface area contributed by atoms with Crippen molar-refractivity contribution in [2.45, 2.75) is 33.4 Å². The Morgan fingerprint density at radius 2 is 2.04 bits per heavy atom. The van der Waals surface area contributed by atoms with Gasteiger partial charge in [0.1, 0.15) is 12.4 Å². The SMILES string of the molecule is CCCNC(=NCc1cccc(OCc2ccccn2)c1)NCC. The molecule has 1 aromatic heterocycles. The Morgan fingerprint density at radius 1 is 1.12 bits per heavy atom. The molecule has 0 fully saturated rings. The molecule has 2 N–H and O–H groups in total. The first-order valence-corrected chi connectivity index (χ1v) is 8.45. The minimum absolute atomic E-state index is 0.467. The molecule has 0 aliphatic carbocycles. The Bertz CT molecular complexity index is 628. The Hall–Kier alpha value is -2.56. The van der Waals surface area contributed by atoms with Crippen molar-refractivity contribution in [1.29, 1.82) is 0 Å². The molecule has 5 nitrogen and oxygen atoms in total. The fraction of sp³-hybridized carbons (Fsp3) is 0.368. The Balaban J connectivity index is 1.93. The van der Waals surface area contributed by atoms with Gasteiger partial charge in [-0.2, -0.15) is 0 Å². The van der Waals surface area contributed by atoms with Crippen molar-refractivity contribution in [3.8, 4) is 5.75 Å². The quantitative estimate of drug-likeness (QED) is 0.578. The number of hydrogen-bond donors (Lipinski definition) is 2. The lowest BCUT2D eigenvalue weighted by Crippen LogP contribution is -2.37. The summed E-state index contributed by atoms with van der Waals surface area (Å²) < 4.78 is 5.81. The molecule has 0 spiro atoms. The Kier molecular flexibility index (Phi) is 7.60. The van der Waals surface area contributed by atoms with Crippen molar-refractivity contribution in [3.05, 3.63) is 59.9 Å². The maximum Gasteiger partial charge on any atom is 0.191 e. The molecule has 0 aliphatic rings. The third-order valence-electron chi connectivity index (χ3n) is 3.32. The Labute approximate surface area is 144 Å². The lowest BCUT2D eigenvalue weighted by atomic mass is 10.2. The van der Waals surface area contributed by atoms with Crippen molar-refractivity contribution in [2.75, 3.05) is 13.1 Å². The fourth-order valence-electron chi connectivity index (χ4n) is 2.13.